The zero-order chi connectivity index (χ0) is 13.3. The minimum absolute atomic E-state index is 0.0593. The van der Waals surface area contributed by atoms with Crippen LogP contribution in [0, 0.1) is 10.1 Å². The van der Waals surface area contributed by atoms with E-state index in [0.717, 1.165) is 0 Å². The van der Waals surface area contributed by atoms with Gasteiger partial charge in [0.15, 0.2) is 0 Å². The summed E-state index contributed by atoms with van der Waals surface area (Å²) in [4.78, 5) is 13.1. The molecule has 2 unspecified atom stereocenters. The smallest absolute Gasteiger partial charge is 0.270 e. The van der Waals surface area contributed by atoms with E-state index in [4.69, 9.17) is 0 Å². The van der Waals surface area contributed by atoms with Crippen LogP contribution < -0.4 is 0 Å². The topological polar surface area (TPSA) is 99.4 Å². The van der Waals surface area contributed by atoms with Gasteiger partial charge in [-0.05, 0) is 6.07 Å². The number of nitrogens with one attached hydrogen (secondary N) is 1. The highest BCUT2D eigenvalue weighted by Gasteiger charge is 2.21. The van der Waals surface area contributed by atoms with E-state index in [2.05, 4.69) is 17.6 Å². The van der Waals surface area contributed by atoms with E-state index in [1.807, 2.05) is 0 Å². The number of H-pyrrole nitrogens is 1. The standard InChI is InChI=1S/C11H12N2O4S/c14-10(5-18)11(15)8-4-12-9-2-1-6(13(16)17)3-7(8)9/h1-4,10-12,14-15,18H,5H2. The van der Waals surface area contributed by atoms with E-state index < -0.39 is 17.1 Å². The van der Waals surface area contributed by atoms with Gasteiger partial charge < -0.3 is 15.2 Å². The SMILES string of the molecule is O=[N+]([O-])c1ccc2[nH]cc(C(O)C(O)CS)c2c1. The molecular formula is C11H12N2O4S. The quantitative estimate of drug-likeness (QED) is 0.382. The predicted octanol–water partition coefficient (Wildman–Crippen LogP) is 1.40. The molecular weight excluding hydrogens is 256 g/mol. The molecule has 18 heavy (non-hydrogen) atoms. The lowest BCUT2D eigenvalue weighted by Gasteiger charge is -2.14. The lowest BCUT2D eigenvalue weighted by molar-refractivity contribution is -0.384. The molecule has 7 heteroatoms. The van der Waals surface area contributed by atoms with Gasteiger partial charge in [0, 0.05) is 40.5 Å². The van der Waals surface area contributed by atoms with Gasteiger partial charge in [0.05, 0.1) is 11.0 Å². The van der Waals surface area contributed by atoms with Gasteiger partial charge in [-0.3, -0.25) is 10.1 Å². The molecule has 1 heterocycles. The molecule has 0 amide bonds. The van der Waals surface area contributed by atoms with E-state index in [1.54, 1.807) is 6.07 Å². The van der Waals surface area contributed by atoms with Crippen molar-refractivity contribution in [1.29, 1.82) is 0 Å². The van der Waals surface area contributed by atoms with Crippen LogP contribution in [0.1, 0.15) is 11.7 Å². The summed E-state index contributed by atoms with van der Waals surface area (Å²) in [6, 6.07) is 4.32. The number of nitrogens with zero attached hydrogens (tertiary/aromatic N) is 1. The first kappa shape index (κ1) is 12.9. The predicted molar refractivity (Wildman–Crippen MR) is 69.8 cm³/mol. The molecule has 0 spiro atoms. The number of nitro benzene ring substituents is 1. The van der Waals surface area contributed by atoms with Gasteiger partial charge in [-0.25, -0.2) is 0 Å². The number of aliphatic hydroxyl groups is 2. The fraction of sp³-hybridized carbons (Fsp3) is 0.273. The van der Waals surface area contributed by atoms with E-state index in [0.29, 0.717) is 16.5 Å². The molecule has 2 aromatic rings. The summed E-state index contributed by atoms with van der Waals surface area (Å²) in [5.41, 5.74) is 1.03. The fourth-order valence-corrected chi connectivity index (χ4v) is 2.00. The molecule has 96 valence electrons. The van der Waals surface area contributed by atoms with Crippen molar-refractivity contribution in [3.05, 3.63) is 40.1 Å². The third-order valence-corrected chi connectivity index (χ3v) is 3.15. The van der Waals surface area contributed by atoms with Crippen LogP contribution in [0.4, 0.5) is 5.69 Å². The highest BCUT2D eigenvalue weighted by Crippen LogP contribution is 2.29. The molecule has 0 saturated heterocycles. The van der Waals surface area contributed by atoms with Crippen molar-refractivity contribution >= 4 is 29.2 Å². The van der Waals surface area contributed by atoms with Crippen molar-refractivity contribution in [2.75, 3.05) is 5.75 Å². The second-order valence-corrected chi connectivity index (χ2v) is 4.29. The van der Waals surface area contributed by atoms with Crippen LogP contribution in [0.5, 0.6) is 0 Å². The van der Waals surface area contributed by atoms with Crippen molar-refractivity contribution in [2.45, 2.75) is 12.2 Å². The Labute approximate surface area is 108 Å². The molecule has 0 bridgehead atoms. The number of fused-ring (bicyclic) bond motifs is 1. The van der Waals surface area contributed by atoms with Gasteiger partial charge in [0.25, 0.3) is 5.69 Å². The van der Waals surface area contributed by atoms with Crippen LogP contribution in [0.15, 0.2) is 24.4 Å². The zero-order valence-corrected chi connectivity index (χ0v) is 10.2. The van der Waals surface area contributed by atoms with E-state index in [-0.39, 0.29) is 11.4 Å². The number of hydrogen-bond acceptors (Lipinski definition) is 5. The Balaban J connectivity index is 2.51. The Hall–Kier alpha value is -1.57. The summed E-state index contributed by atoms with van der Waals surface area (Å²) >= 11 is 3.90. The number of thiol groups is 1. The van der Waals surface area contributed by atoms with Crippen LogP contribution in [0.25, 0.3) is 10.9 Å². The van der Waals surface area contributed by atoms with Gasteiger partial charge in [0.1, 0.15) is 6.10 Å². The largest absolute Gasteiger partial charge is 0.389 e. The van der Waals surface area contributed by atoms with Crippen LogP contribution in [-0.4, -0.2) is 32.0 Å². The summed E-state index contributed by atoms with van der Waals surface area (Å²) in [6.07, 6.45) is -0.615. The van der Waals surface area contributed by atoms with E-state index >= 15 is 0 Å². The van der Waals surface area contributed by atoms with Gasteiger partial charge in [0.2, 0.25) is 0 Å². The van der Waals surface area contributed by atoms with Gasteiger partial charge >= 0.3 is 0 Å². The Morgan fingerprint density at radius 1 is 1.44 bits per heavy atom. The summed E-state index contributed by atoms with van der Waals surface area (Å²) in [5, 5.41) is 30.7. The maximum atomic E-state index is 10.7. The lowest BCUT2D eigenvalue weighted by atomic mass is 10.0. The number of rotatable bonds is 4. The highest BCUT2D eigenvalue weighted by atomic mass is 32.1. The molecule has 6 nitrogen and oxygen atoms in total. The Morgan fingerprint density at radius 3 is 2.78 bits per heavy atom. The molecule has 0 aliphatic rings. The van der Waals surface area contributed by atoms with Crippen LogP contribution in [0.3, 0.4) is 0 Å². The molecule has 2 atom stereocenters. The van der Waals surface area contributed by atoms with Crippen molar-refractivity contribution in [3.8, 4) is 0 Å². The number of non-ortho nitro benzene ring substituents is 1. The number of hydrogen-bond donors (Lipinski definition) is 4. The Morgan fingerprint density at radius 2 is 2.17 bits per heavy atom. The Bertz CT molecular complexity index is 583. The summed E-state index contributed by atoms with van der Waals surface area (Å²) in [6.45, 7) is 0. The minimum atomic E-state index is -1.13. The zero-order valence-electron chi connectivity index (χ0n) is 9.28. The summed E-state index contributed by atoms with van der Waals surface area (Å²) in [5.74, 6) is 0.1000. The van der Waals surface area contributed by atoms with Crippen molar-refractivity contribution in [3.63, 3.8) is 0 Å². The van der Waals surface area contributed by atoms with Gasteiger partial charge in [-0.15, -0.1) is 0 Å². The van der Waals surface area contributed by atoms with E-state index in [1.165, 1.54) is 18.3 Å². The second kappa shape index (κ2) is 4.97. The molecule has 1 aromatic heterocycles. The summed E-state index contributed by atoms with van der Waals surface area (Å²) < 4.78 is 0. The highest BCUT2D eigenvalue weighted by molar-refractivity contribution is 7.80. The molecule has 0 aliphatic heterocycles. The first-order chi connectivity index (χ1) is 8.54. The normalized spacial score (nSPS) is 14.6. The third kappa shape index (κ3) is 2.20. The van der Waals surface area contributed by atoms with Gasteiger partial charge in [-0.1, -0.05) is 0 Å². The van der Waals surface area contributed by atoms with Crippen molar-refractivity contribution in [1.82, 2.24) is 4.98 Å². The average Bonchev–Trinajstić information content (AvgIpc) is 2.79. The third-order valence-electron chi connectivity index (χ3n) is 2.78. The number of nitro groups is 1. The summed E-state index contributed by atoms with van der Waals surface area (Å²) in [7, 11) is 0. The van der Waals surface area contributed by atoms with Gasteiger partial charge in [-0.2, -0.15) is 12.6 Å². The van der Waals surface area contributed by atoms with Crippen LogP contribution >= 0.6 is 12.6 Å². The molecule has 2 rings (SSSR count). The monoisotopic (exact) mass is 268 g/mol. The number of aromatic nitrogens is 1. The first-order valence-corrected chi connectivity index (χ1v) is 5.90. The van der Waals surface area contributed by atoms with Crippen LogP contribution in [-0.2, 0) is 0 Å². The number of aliphatic hydroxyl groups excluding tert-OH is 2. The molecule has 0 aliphatic carbocycles. The average molecular weight is 268 g/mol. The van der Waals surface area contributed by atoms with Crippen LogP contribution in [0.2, 0.25) is 0 Å². The van der Waals surface area contributed by atoms with Crippen molar-refractivity contribution < 1.29 is 15.1 Å². The Kier molecular flexibility index (Phi) is 3.55. The molecule has 0 saturated carbocycles. The number of benzene rings is 1. The molecule has 0 radical (unpaired) electrons. The molecule has 0 fully saturated rings. The molecule has 1 aromatic carbocycles. The maximum absolute atomic E-state index is 10.7. The first-order valence-electron chi connectivity index (χ1n) is 5.27. The molecule has 3 N–H and O–H groups in total. The van der Waals surface area contributed by atoms with Crippen molar-refractivity contribution in [2.24, 2.45) is 0 Å². The van der Waals surface area contributed by atoms with E-state index in [9.17, 15) is 20.3 Å². The fourth-order valence-electron chi connectivity index (χ4n) is 1.80. The minimum Gasteiger partial charge on any atom is -0.389 e. The number of aromatic amines is 1. The lowest BCUT2D eigenvalue weighted by Crippen LogP contribution is -2.19. The second-order valence-electron chi connectivity index (χ2n) is 3.93. The maximum Gasteiger partial charge on any atom is 0.270 e.